The SMILES string of the molecule is CCOC(=O)C1(CC(=O)c2ccco2)CCCOC1=O. The minimum Gasteiger partial charge on any atom is -0.465 e. The lowest BCUT2D eigenvalue weighted by Crippen LogP contribution is -2.46. The van der Waals surface area contributed by atoms with Crippen LogP contribution in [0.25, 0.3) is 0 Å². The molecule has 1 fully saturated rings. The lowest BCUT2D eigenvalue weighted by atomic mass is 9.77. The summed E-state index contributed by atoms with van der Waals surface area (Å²) in [5.74, 6) is -1.69. The molecule has 2 rings (SSSR count). The van der Waals surface area contributed by atoms with E-state index in [1.807, 2.05) is 0 Å². The van der Waals surface area contributed by atoms with Crippen molar-refractivity contribution in [1.82, 2.24) is 0 Å². The van der Waals surface area contributed by atoms with Gasteiger partial charge in [-0.1, -0.05) is 0 Å². The Morgan fingerprint density at radius 2 is 2.25 bits per heavy atom. The minimum absolute atomic E-state index is 0.118. The van der Waals surface area contributed by atoms with Crippen LogP contribution in [0.3, 0.4) is 0 Å². The van der Waals surface area contributed by atoms with Crippen LogP contribution in [0.15, 0.2) is 22.8 Å². The number of esters is 2. The highest BCUT2D eigenvalue weighted by molar-refractivity contribution is 6.07. The minimum atomic E-state index is -1.54. The Balaban J connectivity index is 2.24. The van der Waals surface area contributed by atoms with E-state index in [9.17, 15) is 14.4 Å². The molecule has 0 amide bonds. The third-order valence-electron chi connectivity index (χ3n) is 3.30. The fourth-order valence-corrected chi connectivity index (χ4v) is 2.26. The normalized spacial score (nSPS) is 22.1. The number of Topliss-reactive ketones (excluding diaryl/α,β-unsaturated/α-hetero) is 1. The largest absolute Gasteiger partial charge is 0.465 e. The van der Waals surface area contributed by atoms with Crippen LogP contribution in [0.4, 0.5) is 0 Å². The maximum Gasteiger partial charge on any atom is 0.323 e. The van der Waals surface area contributed by atoms with Gasteiger partial charge in [0.25, 0.3) is 0 Å². The summed E-state index contributed by atoms with van der Waals surface area (Å²) >= 11 is 0. The Morgan fingerprint density at radius 1 is 1.45 bits per heavy atom. The molecule has 0 bridgehead atoms. The molecule has 20 heavy (non-hydrogen) atoms. The molecule has 0 aromatic carbocycles. The van der Waals surface area contributed by atoms with Gasteiger partial charge in [0.15, 0.2) is 17.0 Å². The first-order valence-electron chi connectivity index (χ1n) is 6.51. The lowest BCUT2D eigenvalue weighted by Gasteiger charge is -2.31. The first kappa shape index (κ1) is 14.3. The fourth-order valence-electron chi connectivity index (χ4n) is 2.26. The van der Waals surface area contributed by atoms with Crippen LogP contribution >= 0.6 is 0 Å². The van der Waals surface area contributed by atoms with Crippen molar-refractivity contribution in [2.24, 2.45) is 5.41 Å². The van der Waals surface area contributed by atoms with Crippen LogP contribution in [0.5, 0.6) is 0 Å². The number of carbonyl (C=O) groups is 3. The second kappa shape index (κ2) is 5.90. The third kappa shape index (κ3) is 2.59. The Kier molecular flexibility index (Phi) is 4.22. The highest BCUT2D eigenvalue weighted by Crippen LogP contribution is 2.36. The van der Waals surface area contributed by atoms with Crippen molar-refractivity contribution in [3.8, 4) is 0 Å². The van der Waals surface area contributed by atoms with Gasteiger partial charge in [0.1, 0.15) is 0 Å². The Bertz CT molecular complexity index is 504. The number of carbonyl (C=O) groups excluding carboxylic acids is 3. The number of furan rings is 1. The molecular formula is C14H16O6. The molecule has 2 heterocycles. The summed E-state index contributed by atoms with van der Waals surface area (Å²) in [6.07, 6.45) is 1.84. The van der Waals surface area contributed by atoms with E-state index < -0.39 is 23.1 Å². The van der Waals surface area contributed by atoms with E-state index in [0.717, 1.165) is 0 Å². The molecule has 6 nitrogen and oxygen atoms in total. The fraction of sp³-hybridized carbons (Fsp3) is 0.500. The van der Waals surface area contributed by atoms with Crippen LogP contribution < -0.4 is 0 Å². The third-order valence-corrected chi connectivity index (χ3v) is 3.30. The van der Waals surface area contributed by atoms with Crippen LogP contribution in [-0.2, 0) is 19.1 Å². The maximum atomic E-state index is 12.1. The van der Waals surface area contributed by atoms with Gasteiger partial charge in [-0.25, -0.2) is 0 Å². The van der Waals surface area contributed by atoms with E-state index in [4.69, 9.17) is 13.9 Å². The number of ketones is 1. The van der Waals surface area contributed by atoms with Crippen molar-refractivity contribution in [1.29, 1.82) is 0 Å². The van der Waals surface area contributed by atoms with Gasteiger partial charge in [-0.05, 0) is 31.9 Å². The zero-order valence-corrected chi connectivity index (χ0v) is 11.2. The topological polar surface area (TPSA) is 82.8 Å². The standard InChI is InChI=1S/C14H16O6/c1-2-18-12(16)14(6-4-8-20-13(14)17)9-10(15)11-5-3-7-19-11/h3,5,7H,2,4,6,8-9H2,1H3. The van der Waals surface area contributed by atoms with Gasteiger partial charge in [0.2, 0.25) is 0 Å². The Labute approximate surface area is 116 Å². The van der Waals surface area contributed by atoms with Crippen molar-refractivity contribution in [2.75, 3.05) is 13.2 Å². The number of rotatable bonds is 5. The summed E-state index contributed by atoms with van der Waals surface area (Å²) in [5.41, 5.74) is -1.54. The summed E-state index contributed by atoms with van der Waals surface area (Å²) in [5, 5.41) is 0. The van der Waals surface area contributed by atoms with Gasteiger partial charge in [-0.15, -0.1) is 0 Å². The van der Waals surface area contributed by atoms with E-state index in [1.54, 1.807) is 13.0 Å². The molecule has 0 saturated carbocycles. The summed E-state index contributed by atoms with van der Waals surface area (Å²) in [6, 6.07) is 3.07. The first-order valence-corrected chi connectivity index (χ1v) is 6.51. The van der Waals surface area contributed by atoms with Crippen LogP contribution in [0.1, 0.15) is 36.7 Å². The molecule has 1 saturated heterocycles. The Hall–Kier alpha value is -2.11. The van der Waals surface area contributed by atoms with Crippen LogP contribution in [-0.4, -0.2) is 30.9 Å². The molecule has 0 radical (unpaired) electrons. The van der Waals surface area contributed by atoms with Crippen molar-refractivity contribution >= 4 is 17.7 Å². The monoisotopic (exact) mass is 280 g/mol. The second-order valence-corrected chi connectivity index (χ2v) is 4.62. The average Bonchev–Trinajstić information content (AvgIpc) is 2.96. The zero-order valence-electron chi connectivity index (χ0n) is 11.2. The number of cyclic esters (lactones) is 1. The molecule has 1 aromatic rings. The van der Waals surface area contributed by atoms with Crippen molar-refractivity contribution in [3.05, 3.63) is 24.2 Å². The molecule has 108 valence electrons. The lowest BCUT2D eigenvalue weighted by molar-refractivity contribution is -0.177. The first-order chi connectivity index (χ1) is 9.60. The van der Waals surface area contributed by atoms with Crippen molar-refractivity contribution < 1.29 is 28.3 Å². The average molecular weight is 280 g/mol. The van der Waals surface area contributed by atoms with Crippen LogP contribution in [0.2, 0.25) is 0 Å². The number of hydrogen-bond donors (Lipinski definition) is 0. The molecule has 0 aliphatic carbocycles. The van der Waals surface area contributed by atoms with E-state index in [-0.39, 0.29) is 31.8 Å². The molecule has 0 N–H and O–H groups in total. The molecular weight excluding hydrogens is 264 g/mol. The molecule has 1 aromatic heterocycles. The zero-order chi connectivity index (χ0) is 14.6. The van der Waals surface area contributed by atoms with E-state index in [1.165, 1.54) is 12.3 Å². The number of hydrogen-bond acceptors (Lipinski definition) is 6. The quantitative estimate of drug-likeness (QED) is 0.464. The predicted molar refractivity (Wildman–Crippen MR) is 66.9 cm³/mol. The van der Waals surface area contributed by atoms with Gasteiger partial charge in [-0.2, -0.15) is 0 Å². The highest BCUT2D eigenvalue weighted by atomic mass is 16.6. The van der Waals surface area contributed by atoms with E-state index in [0.29, 0.717) is 6.42 Å². The summed E-state index contributed by atoms with van der Waals surface area (Å²) < 4.78 is 14.9. The summed E-state index contributed by atoms with van der Waals surface area (Å²) in [6.45, 7) is 2.05. The second-order valence-electron chi connectivity index (χ2n) is 4.62. The smallest absolute Gasteiger partial charge is 0.323 e. The van der Waals surface area contributed by atoms with Crippen LogP contribution in [0, 0.1) is 5.41 Å². The summed E-state index contributed by atoms with van der Waals surface area (Å²) in [7, 11) is 0. The van der Waals surface area contributed by atoms with E-state index >= 15 is 0 Å². The number of ether oxygens (including phenoxy) is 2. The molecule has 1 aliphatic rings. The van der Waals surface area contributed by atoms with E-state index in [2.05, 4.69) is 0 Å². The predicted octanol–water partition coefficient (Wildman–Crippen LogP) is 1.74. The van der Waals surface area contributed by atoms with Gasteiger partial charge in [0.05, 0.1) is 19.5 Å². The van der Waals surface area contributed by atoms with Gasteiger partial charge in [0, 0.05) is 6.42 Å². The molecule has 6 heteroatoms. The molecule has 1 unspecified atom stereocenters. The maximum absolute atomic E-state index is 12.1. The highest BCUT2D eigenvalue weighted by Gasteiger charge is 2.52. The van der Waals surface area contributed by atoms with Gasteiger partial charge < -0.3 is 13.9 Å². The summed E-state index contributed by atoms with van der Waals surface area (Å²) in [4.78, 5) is 36.3. The molecule has 1 atom stereocenters. The van der Waals surface area contributed by atoms with Crippen molar-refractivity contribution in [2.45, 2.75) is 26.2 Å². The Morgan fingerprint density at radius 3 is 2.85 bits per heavy atom. The molecule has 0 spiro atoms. The van der Waals surface area contributed by atoms with Crippen molar-refractivity contribution in [3.63, 3.8) is 0 Å². The van der Waals surface area contributed by atoms with Gasteiger partial charge >= 0.3 is 11.9 Å². The van der Waals surface area contributed by atoms with Gasteiger partial charge in [-0.3, -0.25) is 14.4 Å². The molecule has 1 aliphatic heterocycles.